The number of aliphatic hydroxyl groups excluding tert-OH is 2. The van der Waals surface area contributed by atoms with Crippen LogP contribution >= 0.6 is 0 Å². The van der Waals surface area contributed by atoms with Gasteiger partial charge in [-0.1, -0.05) is 132 Å². The highest BCUT2D eigenvalue weighted by molar-refractivity contribution is 6.05. The van der Waals surface area contributed by atoms with Crippen LogP contribution < -0.4 is 58.9 Å². The summed E-state index contributed by atoms with van der Waals surface area (Å²) in [4.78, 5) is 191. The number of amides is 12. The average Bonchev–Trinajstić information content (AvgIpc) is 1.59. The summed E-state index contributed by atoms with van der Waals surface area (Å²) < 4.78 is 0. The van der Waals surface area contributed by atoms with E-state index in [1.165, 1.54) is 14.0 Å². The molecule has 97 heavy (non-hydrogen) atoms. The number of aliphatic hydroxyl groups is 2. The third kappa shape index (κ3) is 25.2. The van der Waals surface area contributed by atoms with Gasteiger partial charge in [-0.05, 0) is 93.8 Å². The molecule has 0 bridgehead atoms. The lowest BCUT2D eigenvalue weighted by molar-refractivity contribution is -0.145. The van der Waals surface area contributed by atoms with Gasteiger partial charge in [-0.3, -0.25) is 67.1 Å². The molecule has 3 saturated carbocycles. The van der Waals surface area contributed by atoms with E-state index >= 15 is 0 Å². The predicted molar refractivity (Wildman–Crippen MR) is 356 cm³/mol. The number of nitrogens with zero attached hydrogens (tertiary/aromatic N) is 1. The SMILES string of the molecule is C=CCCCC(NC(=O)[C@@H](CO)NC(=O)C(CC(C)C)NC(=O)[C@@H](CO)NC(=O)C1(NC(C)=O)CC1CCCCCCC)C(=O)N(C)[C@H](CC(C)C)C(=O)NC1(C(=O)N[C@H](CCCCCCCC)C(=O)NC(CC(=O)O)C(=O)NCC(=O)NC2(C(N)=O)CC2C(C)C)CC1C(=O)O. The number of hydrogen-bond acceptors (Lipinski definition) is 16. The maximum Gasteiger partial charge on any atom is 0.309 e. The van der Waals surface area contributed by atoms with Gasteiger partial charge in [0.25, 0.3) is 0 Å². The van der Waals surface area contributed by atoms with Gasteiger partial charge in [0, 0.05) is 14.0 Å². The molecule has 0 aromatic carbocycles. The fraction of sp³-hybridized carbons (Fsp3) is 0.761. The zero-order chi connectivity index (χ0) is 73.1. The van der Waals surface area contributed by atoms with Gasteiger partial charge in [-0.2, -0.15) is 0 Å². The molecule has 9 unspecified atom stereocenters. The van der Waals surface area contributed by atoms with E-state index in [1.54, 1.807) is 33.8 Å². The van der Waals surface area contributed by atoms with Gasteiger partial charge in [-0.25, -0.2) is 0 Å². The Hall–Kier alpha value is -7.76. The van der Waals surface area contributed by atoms with Gasteiger partial charge in [-0.15, -0.1) is 6.58 Å². The van der Waals surface area contributed by atoms with Crippen molar-refractivity contribution in [3.63, 3.8) is 0 Å². The molecule has 12 amide bonds. The van der Waals surface area contributed by atoms with Crippen LogP contribution in [0.2, 0.25) is 0 Å². The topological polar surface area (TPSA) is 469 Å². The van der Waals surface area contributed by atoms with E-state index in [4.69, 9.17) is 5.73 Å². The first kappa shape index (κ1) is 83.5. The Labute approximate surface area is 569 Å². The van der Waals surface area contributed by atoms with Gasteiger partial charge in [0.1, 0.15) is 58.9 Å². The first-order valence-corrected chi connectivity index (χ1v) is 34.5. The van der Waals surface area contributed by atoms with Crippen molar-refractivity contribution in [2.24, 2.45) is 41.2 Å². The fourth-order valence-corrected chi connectivity index (χ4v) is 12.5. The van der Waals surface area contributed by atoms with Crippen molar-refractivity contribution in [2.45, 2.75) is 262 Å². The summed E-state index contributed by atoms with van der Waals surface area (Å²) >= 11 is 0. The van der Waals surface area contributed by atoms with Crippen molar-refractivity contribution < 1.29 is 87.5 Å². The number of primary amides is 1. The average molecular weight is 1370 g/mol. The van der Waals surface area contributed by atoms with Crippen molar-refractivity contribution in [3.8, 4) is 0 Å². The predicted octanol–water partition coefficient (Wildman–Crippen LogP) is 0.728. The van der Waals surface area contributed by atoms with Crippen molar-refractivity contribution in [2.75, 3.05) is 26.8 Å². The zero-order valence-corrected chi connectivity index (χ0v) is 58.5. The van der Waals surface area contributed by atoms with E-state index in [0.717, 1.165) is 62.7 Å². The molecule has 3 aliphatic rings. The monoisotopic (exact) mass is 1370 g/mol. The summed E-state index contributed by atoms with van der Waals surface area (Å²) in [5, 5.41) is 66.2. The molecule has 0 spiro atoms. The van der Waals surface area contributed by atoms with Crippen LogP contribution in [0, 0.1) is 35.5 Å². The van der Waals surface area contributed by atoms with Crippen LogP contribution in [-0.4, -0.2) is 194 Å². The molecular formula is C67H112N12O18. The highest BCUT2D eigenvalue weighted by Crippen LogP contribution is 2.49. The van der Waals surface area contributed by atoms with Crippen LogP contribution in [0.15, 0.2) is 12.7 Å². The molecule has 30 heteroatoms. The number of aliphatic carboxylic acids is 2. The first-order valence-electron chi connectivity index (χ1n) is 34.5. The van der Waals surface area contributed by atoms with E-state index in [2.05, 4.69) is 66.7 Å². The molecule has 0 aliphatic heterocycles. The number of carbonyl (C=O) groups is 14. The lowest BCUT2D eigenvalue weighted by atomic mass is 9.99. The van der Waals surface area contributed by atoms with Crippen LogP contribution in [0.1, 0.15) is 204 Å². The number of hydrogen-bond donors (Lipinski definition) is 15. The van der Waals surface area contributed by atoms with Crippen LogP contribution in [0.5, 0.6) is 0 Å². The Morgan fingerprint density at radius 2 is 1.06 bits per heavy atom. The largest absolute Gasteiger partial charge is 0.481 e. The molecule has 3 aliphatic carbocycles. The maximum atomic E-state index is 14.8. The number of carboxylic acid groups (broad SMARTS) is 2. The van der Waals surface area contributed by atoms with Gasteiger partial charge in [0.2, 0.25) is 70.9 Å². The summed E-state index contributed by atoms with van der Waals surface area (Å²) in [7, 11) is 1.25. The Morgan fingerprint density at radius 1 is 0.557 bits per heavy atom. The standard InChI is InChI=1S/C67H112N12O18/c1-12-15-18-20-22-25-27-45(55(87)72-48(31-53(84)85)54(86)69-35-52(83)77-66(62(68)95)33-43(66)40(8)9)74-64(97)67(34-44(67)61(93)94)78-59(91)51(30-39(6)7)79(11)60(92)46(28-23-17-14-3)70-57(89)49(36-80)73-56(88)47(29-38(4)5)71-58(90)50(37-81)75-63(96)65(76-41(10)82)32-42(65)26-24-21-19-16-13-2/h14,38-40,42-51,80-81H,3,12-13,15-37H2,1-2,4-11H3,(H2,68,95)(H,69,86)(H,70,89)(H,71,90)(H,72,87)(H,73,88)(H,74,97)(H,75,96)(H,76,82)(H,77,83)(H,78,91)(H,84,85)(H,93,94)/t42?,43?,44?,45-,46?,47?,48?,49-,50-,51-,65?,66?,67?/m1/s1. The highest BCUT2D eigenvalue weighted by atomic mass is 16.4. The molecular weight excluding hydrogens is 1260 g/mol. The second-order valence-electron chi connectivity index (χ2n) is 27.7. The quantitative estimate of drug-likeness (QED) is 0.0295. The van der Waals surface area contributed by atoms with Crippen molar-refractivity contribution in [1.29, 1.82) is 0 Å². The number of likely N-dealkylation sites (N-methyl/N-ethyl adjacent to an activating group) is 1. The van der Waals surface area contributed by atoms with Crippen LogP contribution in [0.25, 0.3) is 0 Å². The maximum absolute atomic E-state index is 14.8. The third-order valence-electron chi connectivity index (χ3n) is 18.4. The summed E-state index contributed by atoms with van der Waals surface area (Å²) in [6.07, 6.45) is 10.9. The van der Waals surface area contributed by atoms with Crippen LogP contribution in [-0.2, 0) is 67.1 Å². The molecule has 13 atom stereocenters. The summed E-state index contributed by atoms with van der Waals surface area (Å²) in [5.74, 6) is -16.5. The Bertz CT molecular complexity index is 2780. The van der Waals surface area contributed by atoms with E-state index in [1.807, 2.05) is 20.8 Å². The summed E-state index contributed by atoms with van der Waals surface area (Å²) in [6.45, 7) is 17.1. The van der Waals surface area contributed by atoms with Crippen molar-refractivity contribution in [3.05, 3.63) is 12.7 Å². The molecule has 3 fully saturated rings. The minimum Gasteiger partial charge on any atom is -0.481 e. The van der Waals surface area contributed by atoms with Gasteiger partial charge < -0.3 is 84.2 Å². The molecule has 0 radical (unpaired) electrons. The number of nitrogens with two attached hydrogens (primary N) is 1. The van der Waals surface area contributed by atoms with E-state index in [-0.39, 0.29) is 68.1 Å². The summed E-state index contributed by atoms with van der Waals surface area (Å²) in [5.41, 5.74) is 0.750. The molecule has 0 aromatic heterocycles. The number of carbonyl (C=O) groups excluding carboxylic acids is 12. The lowest BCUT2D eigenvalue weighted by Crippen LogP contribution is -2.62. The van der Waals surface area contributed by atoms with Gasteiger partial charge in [0.15, 0.2) is 0 Å². The minimum absolute atomic E-state index is 0.0214. The van der Waals surface area contributed by atoms with E-state index in [0.29, 0.717) is 32.1 Å². The summed E-state index contributed by atoms with van der Waals surface area (Å²) in [6, 6.07) is -11.0. The second kappa shape index (κ2) is 39.6. The van der Waals surface area contributed by atoms with Gasteiger partial charge in [0.05, 0.1) is 32.1 Å². The minimum atomic E-state index is -2.22. The van der Waals surface area contributed by atoms with Crippen LogP contribution in [0.4, 0.5) is 0 Å². The van der Waals surface area contributed by atoms with E-state index in [9.17, 15) is 87.5 Å². The fourth-order valence-electron chi connectivity index (χ4n) is 12.5. The van der Waals surface area contributed by atoms with Crippen molar-refractivity contribution >= 4 is 82.8 Å². The number of carboxylic acids is 2. The van der Waals surface area contributed by atoms with E-state index < -0.39 is 180 Å². The number of nitrogens with one attached hydrogen (secondary N) is 10. The normalized spacial score (nSPS) is 21.9. The second-order valence-corrected chi connectivity index (χ2v) is 27.7. The number of rotatable bonds is 49. The lowest BCUT2D eigenvalue weighted by Gasteiger charge is -2.33. The molecule has 0 saturated heterocycles. The molecule has 16 N–H and O–H groups in total. The van der Waals surface area contributed by atoms with Crippen LogP contribution in [0.3, 0.4) is 0 Å². The smallest absolute Gasteiger partial charge is 0.309 e. The first-order chi connectivity index (χ1) is 45.6. The molecule has 548 valence electrons. The number of allylic oxidation sites excluding steroid dienone is 1. The Kier molecular flexibility index (Phi) is 34.1. The molecule has 0 heterocycles. The molecule has 30 nitrogen and oxygen atoms in total. The highest BCUT2D eigenvalue weighted by Gasteiger charge is 2.66. The third-order valence-corrected chi connectivity index (χ3v) is 18.4. The zero-order valence-electron chi connectivity index (χ0n) is 58.5. The molecule has 3 rings (SSSR count). The Balaban J connectivity index is 1.87. The Morgan fingerprint density at radius 3 is 1.58 bits per heavy atom. The number of unbranched alkanes of at least 4 members (excludes halogenated alkanes) is 10. The van der Waals surface area contributed by atoms with Crippen molar-refractivity contribution in [1.82, 2.24) is 58.1 Å². The molecule has 0 aromatic rings. The van der Waals surface area contributed by atoms with Gasteiger partial charge >= 0.3 is 11.9 Å².